The van der Waals surface area contributed by atoms with Crippen molar-refractivity contribution in [3.05, 3.63) is 53.1 Å². The van der Waals surface area contributed by atoms with Crippen LogP contribution in [-0.2, 0) is 15.8 Å². The Morgan fingerprint density at radius 1 is 1.00 bits per heavy atom. The van der Waals surface area contributed by atoms with E-state index >= 15 is 0 Å². The Kier molecular flexibility index (Phi) is 8.16. The molecule has 4 nitrogen and oxygen atoms in total. The fourth-order valence-corrected chi connectivity index (χ4v) is 3.50. The van der Waals surface area contributed by atoms with E-state index in [0.717, 1.165) is 11.8 Å². The first-order valence-corrected chi connectivity index (χ1v) is 10.0. The highest BCUT2D eigenvalue weighted by Gasteiger charge is 2.42. The molecule has 2 N–H and O–H groups in total. The molecular formula is C20H17F7N2O2S. The first-order chi connectivity index (χ1) is 14.9. The second-order valence-corrected chi connectivity index (χ2v) is 7.99. The number of carbonyl (C=O) groups excluding carboxylic acids is 2. The van der Waals surface area contributed by atoms with Crippen LogP contribution in [0.4, 0.5) is 42.1 Å². The van der Waals surface area contributed by atoms with E-state index in [4.69, 9.17) is 0 Å². The molecule has 0 bridgehead atoms. The van der Waals surface area contributed by atoms with Crippen LogP contribution in [0, 0.1) is 23.3 Å². The maximum Gasteiger partial charge on any atom is 0.422 e. The van der Waals surface area contributed by atoms with Crippen LogP contribution in [-0.4, -0.2) is 17.1 Å². The van der Waals surface area contributed by atoms with Gasteiger partial charge in [-0.2, -0.15) is 13.2 Å². The van der Waals surface area contributed by atoms with Crippen LogP contribution in [0.5, 0.6) is 0 Å². The number of thioether (sulfide) groups is 1. The van der Waals surface area contributed by atoms with Crippen molar-refractivity contribution in [1.29, 1.82) is 0 Å². The summed E-state index contributed by atoms with van der Waals surface area (Å²) in [6.07, 6.45) is -4.75. The number of hydrogen-bond donors (Lipinski definition) is 2. The molecule has 174 valence electrons. The van der Waals surface area contributed by atoms with Gasteiger partial charge in [-0.3, -0.25) is 9.59 Å². The minimum atomic E-state index is -5.68. The first kappa shape index (κ1) is 25.5. The minimum Gasteiger partial charge on any atom is -0.326 e. The van der Waals surface area contributed by atoms with Gasteiger partial charge in [0.25, 0.3) is 0 Å². The summed E-state index contributed by atoms with van der Waals surface area (Å²) in [7, 11) is 0. The summed E-state index contributed by atoms with van der Waals surface area (Å²) in [5.41, 5.74) is -3.95. The Balaban J connectivity index is 2.20. The summed E-state index contributed by atoms with van der Waals surface area (Å²) in [6.45, 7) is 3.13. The third-order valence-electron chi connectivity index (χ3n) is 4.07. The maximum atomic E-state index is 14.0. The van der Waals surface area contributed by atoms with Gasteiger partial charge in [0.1, 0.15) is 11.3 Å². The number of rotatable bonds is 7. The van der Waals surface area contributed by atoms with Gasteiger partial charge in [0.2, 0.25) is 11.8 Å². The quantitative estimate of drug-likeness (QED) is 0.284. The van der Waals surface area contributed by atoms with Crippen molar-refractivity contribution in [2.45, 2.75) is 43.0 Å². The smallest absolute Gasteiger partial charge is 0.326 e. The predicted octanol–water partition coefficient (Wildman–Crippen LogP) is 6.12. The molecule has 12 heteroatoms. The highest BCUT2D eigenvalue weighted by molar-refractivity contribution is 8.00. The number of nitrogens with one attached hydrogen (secondary N) is 2. The molecule has 32 heavy (non-hydrogen) atoms. The highest BCUT2D eigenvalue weighted by Crippen LogP contribution is 2.38. The van der Waals surface area contributed by atoms with Crippen molar-refractivity contribution >= 4 is 35.0 Å². The zero-order chi connectivity index (χ0) is 24.2. The maximum absolute atomic E-state index is 14.0. The lowest BCUT2D eigenvalue weighted by Gasteiger charge is -2.16. The molecule has 0 aliphatic rings. The predicted molar refractivity (Wildman–Crippen MR) is 105 cm³/mol. The largest absolute Gasteiger partial charge is 0.422 e. The van der Waals surface area contributed by atoms with Crippen LogP contribution in [0.1, 0.15) is 32.3 Å². The molecule has 0 aliphatic heterocycles. The van der Waals surface area contributed by atoms with E-state index in [1.54, 1.807) is 23.5 Å². The van der Waals surface area contributed by atoms with Crippen molar-refractivity contribution in [3.63, 3.8) is 0 Å². The van der Waals surface area contributed by atoms with Crippen LogP contribution < -0.4 is 10.6 Å². The zero-order valence-corrected chi connectivity index (χ0v) is 17.5. The third kappa shape index (κ3) is 5.93. The topological polar surface area (TPSA) is 58.2 Å². The third-order valence-corrected chi connectivity index (χ3v) is 5.17. The lowest BCUT2D eigenvalue weighted by atomic mass is 10.1. The second-order valence-electron chi connectivity index (χ2n) is 6.58. The molecule has 0 spiro atoms. The molecule has 1 atom stereocenters. The molecule has 0 saturated carbocycles. The minimum absolute atomic E-state index is 0.224. The van der Waals surface area contributed by atoms with Crippen LogP contribution in [0.15, 0.2) is 29.2 Å². The Morgan fingerprint density at radius 3 is 2.12 bits per heavy atom. The summed E-state index contributed by atoms with van der Waals surface area (Å²) in [5, 5.41) is 3.16. The van der Waals surface area contributed by atoms with Crippen LogP contribution >= 0.6 is 11.8 Å². The van der Waals surface area contributed by atoms with Crippen molar-refractivity contribution < 1.29 is 40.3 Å². The van der Waals surface area contributed by atoms with Crippen molar-refractivity contribution in [2.24, 2.45) is 0 Å². The fourth-order valence-electron chi connectivity index (χ4n) is 2.57. The average molecular weight is 482 g/mol. The molecule has 1 unspecified atom stereocenters. The monoisotopic (exact) mass is 482 g/mol. The lowest BCUT2D eigenvalue weighted by Crippen LogP contribution is -2.25. The summed E-state index contributed by atoms with van der Waals surface area (Å²) in [5.74, 6) is -11.4. The fraction of sp³-hybridized carbons (Fsp3) is 0.300. The summed E-state index contributed by atoms with van der Waals surface area (Å²) < 4.78 is 93.3. The molecule has 2 aromatic rings. The number of hydrogen-bond acceptors (Lipinski definition) is 3. The zero-order valence-electron chi connectivity index (χ0n) is 16.7. The van der Waals surface area contributed by atoms with Crippen LogP contribution in [0.3, 0.4) is 0 Å². The highest BCUT2D eigenvalue weighted by atomic mass is 32.2. The summed E-state index contributed by atoms with van der Waals surface area (Å²) in [6, 6.07) is 6.28. The van der Waals surface area contributed by atoms with Gasteiger partial charge in [-0.25, -0.2) is 17.6 Å². The molecule has 2 rings (SSSR count). The molecule has 0 heterocycles. The van der Waals surface area contributed by atoms with Gasteiger partial charge in [-0.15, -0.1) is 11.8 Å². The number of alkyl halides is 3. The molecule has 0 aromatic heterocycles. The van der Waals surface area contributed by atoms with Crippen LogP contribution in [0.25, 0.3) is 0 Å². The molecule has 0 saturated heterocycles. The molecule has 2 amide bonds. The van der Waals surface area contributed by atoms with E-state index in [0.29, 0.717) is 23.4 Å². The lowest BCUT2D eigenvalue weighted by molar-refractivity contribution is -0.143. The van der Waals surface area contributed by atoms with E-state index in [1.165, 1.54) is 13.0 Å². The number of halogens is 7. The van der Waals surface area contributed by atoms with Gasteiger partial charge >= 0.3 is 6.18 Å². The Hall–Kier alpha value is -2.76. The molecule has 0 radical (unpaired) electrons. The normalized spacial score (nSPS) is 12.4. The standard InChI is InChI=1S/C20H17F7N2O2S/c1-3-5-12(30)28-10-6-4-7-11(8-10)32-9(2)19(31)29-18-16(23)14(21)13(20(25,26)27)15(22)17(18)24/h4,6-9H,3,5H2,1-2H3,(H,28,30)(H,29,31). The van der Waals surface area contributed by atoms with Crippen LogP contribution in [0.2, 0.25) is 0 Å². The van der Waals surface area contributed by atoms with Gasteiger partial charge < -0.3 is 10.6 Å². The number of benzene rings is 2. The Morgan fingerprint density at radius 2 is 1.59 bits per heavy atom. The van der Waals surface area contributed by atoms with E-state index in [1.807, 2.05) is 6.92 Å². The van der Waals surface area contributed by atoms with E-state index in [9.17, 15) is 40.3 Å². The number of amides is 2. The van der Waals surface area contributed by atoms with Gasteiger partial charge in [-0.05, 0) is 31.5 Å². The van der Waals surface area contributed by atoms with Gasteiger partial charge in [-0.1, -0.05) is 13.0 Å². The van der Waals surface area contributed by atoms with Gasteiger partial charge in [0, 0.05) is 17.0 Å². The first-order valence-electron chi connectivity index (χ1n) is 9.17. The van der Waals surface area contributed by atoms with E-state index in [-0.39, 0.29) is 5.91 Å². The molecule has 2 aromatic carbocycles. The second kappa shape index (κ2) is 10.2. The molecular weight excluding hydrogens is 465 g/mol. The van der Waals surface area contributed by atoms with Gasteiger partial charge in [0.15, 0.2) is 23.3 Å². The van der Waals surface area contributed by atoms with Crippen molar-refractivity contribution in [1.82, 2.24) is 0 Å². The van der Waals surface area contributed by atoms with Crippen molar-refractivity contribution in [3.8, 4) is 0 Å². The number of carbonyl (C=O) groups is 2. The SMILES string of the molecule is CCCC(=O)Nc1cccc(SC(C)C(=O)Nc2c(F)c(F)c(C(F)(F)F)c(F)c2F)c1. The average Bonchev–Trinajstić information content (AvgIpc) is 2.69. The summed E-state index contributed by atoms with van der Waals surface area (Å²) in [4.78, 5) is 24.4. The molecule has 0 aliphatic carbocycles. The summed E-state index contributed by atoms with van der Waals surface area (Å²) >= 11 is 0.877. The van der Waals surface area contributed by atoms with E-state index < -0.39 is 51.9 Å². The van der Waals surface area contributed by atoms with Crippen molar-refractivity contribution in [2.75, 3.05) is 10.6 Å². The van der Waals surface area contributed by atoms with E-state index in [2.05, 4.69) is 5.32 Å². The number of anilines is 2. The Labute approximate surface area is 182 Å². The van der Waals surface area contributed by atoms with Gasteiger partial charge in [0.05, 0.1) is 5.25 Å². The molecule has 0 fully saturated rings. The Bertz CT molecular complexity index is 999.